The van der Waals surface area contributed by atoms with Gasteiger partial charge in [0.15, 0.2) is 0 Å². The zero-order valence-electron chi connectivity index (χ0n) is 17.0. The summed E-state index contributed by atoms with van der Waals surface area (Å²) in [7, 11) is 1.49. The van der Waals surface area contributed by atoms with Gasteiger partial charge in [0.05, 0.1) is 23.1 Å². The maximum absolute atomic E-state index is 12.5. The van der Waals surface area contributed by atoms with E-state index in [9.17, 15) is 9.59 Å². The van der Waals surface area contributed by atoms with Gasteiger partial charge in [-0.2, -0.15) is 0 Å². The van der Waals surface area contributed by atoms with Crippen molar-refractivity contribution in [2.45, 2.75) is 26.2 Å². The van der Waals surface area contributed by atoms with E-state index in [4.69, 9.17) is 32.5 Å². The number of halogens is 2. The summed E-state index contributed by atoms with van der Waals surface area (Å²) in [6.07, 6.45) is 0.695. The number of carbonyl (C=O) groups excluding carboxylic acids is 2. The molecule has 0 radical (unpaired) electrons. The second-order valence-electron chi connectivity index (χ2n) is 7.52. The maximum Gasteiger partial charge on any atom is 0.480 e. The highest BCUT2D eigenvalue weighted by molar-refractivity contribution is 6.47. The van der Waals surface area contributed by atoms with E-state index in [0.717, 1.165) is 13.1 Å². The number of hydrogen-bond acceptors (Lipinski definition) is 5. The summed E-state index contributed by atoms with van der Waals surface area (Å²) in [5, 5.41) is 6.17. The van der Waals surface area contributed by atoms with Crippen molar-refractivity contribution in [3.05, 3.63) is 33.8 Å². The molecule has 10 heteroatoms. The molecule has 1 aliphatic rings. The number of carbonyl (C=O) groups is 2. The lowest BCUT2D eigenvalue weighted by atomic mass is 9.73. The van der Waals surface area contributed by atoms with Gasteiger partial charge in [-0.1, -0.05) is 37.0 Å². The van der Waals surface area contributed by atoms with Crippen molar-refractivity contribution < 1.29 is 18.9 Å². The van der Waals surface area contributed by atoms with Crippen molar-refractivity contribution in [1.29, 1.82) is 0 Å². The average molecular weight is 444 g/mol. The summed E-state index contributed by atoms with van der Waals surface area (Å²) >= 11 is 11.9. The van der Waals surface area contributed by atoms with Crippen LogP contribution in [0.3, 0.4) is 0 Å². The predicted octanol–water partition coefficient (Wildman–Crippen LogP) is 2.26. The molecule has 0 saturated carbocycles. The molecule has 0 aliphatic carbocycles. The van der Waals surface area contributed by atoms with Gasteiger partial charge >= 0.3 is 7.12 Å². The molecule has 1 fully saturated rings. The van der Waals surface area contributed by atoms with E-state index in [-0.39, 0.29) is 29.0 Å². The van der Waals surface area contributed by atoms with E-state index in [1.165, 1.54) is 12.1 Å². The van der Waals surface area contributed by atoms with Gasteiger partial charge < -0.3 is 24.8 Å². The second kappa shape index (κ2) is 11.8. The van der Waals surface area contributed by atoms with Crippen LogP contribution in [0.15, 0.2) is 18.2 Å². The first-order valence-corrected chi connectivity index (χ1v) is 10.5. The molecule has 0 bridgehead atoms. The van der Waals surface area contributed by atoms with Crippen LogP contribution in [0.25, 0.3) is 0 Å². The third kappa shape index (κ3) is 8.14. The number of nitrogens with zero attached hydrogens (tertiary/aromatic N) is 1. The van der Waals surface area contributed by atoms with E-state index in [1.807, 2.05) is 7.05 Å². The lowest BCUT2D eigenvalue weighted by molar-refractivity contribution is -0.120. The fourth-order valence-electron chi connectivity index (χ4n) is 2.97. The van der Waals surface area contributed by atoms with Crippen LogP contribution in [0.4, 0.5) is 0 Å². The highest BCUT2D eigenvalue weighted by Crippen LogP contribution is 2.20. The fraction of sp³-hybridized carbons (Fsp3) is 0.579. The summed E-state index contributed by atoms with van der Waals surface area (Å²) in [5.74, 6) is -0.763. The highest BCUT2D eigenvalue weighted by Gasteiger charge is 2.33. The minimum Gasteiger partial charge on any atom is -0.408 e. The van der Waals surface area contributed by atoms with Crippen LogP contribution in [0.5, 0.6) is 0 Å². The molecule has 2 amide bonds. The summed E-state index contributed by atoms with van der Waals surface area (Å²) in [4.78, 5) is 26.9. The van der Waals surface area contributed by atoms with Crippen LogP contribution >= 0.6 is 23.2 Å². The first-order valence-electron chi connectivity index (χ1n) is 9.70. The van der Waals surface area contributed by atoms with Crippen molar-refractivity contribution in [2.75, 3.05) is 39.9 Å². The van der Waals surface area contributed by atoms with Crippen LogP contribution < -0.4 is 10.6 Å². The van der Waals surface area contributed by atoms with Gasteiger partial charge in [-0.3, -0.25) is 9.59 Å². The third-order valence-corrected chi connectivity index (χ3v) is 5.06. The number of nitrogens with one attached hydrogen (secondary N) is 2. The Bertz CT molecular complexity index is 698. The Morgan fingerprint density at radius 2 is 1.86 bits per heavy atom. The van der Waals surface area contributed by atoms with Crippen molar-refractivity contribution >= 4 is 42.1 Å². The number of rotatable bonds is 7. The Morgan fingerprint density at radius 3 is 2.48 bits per heavy atom. The molecule has 1 aromatic rings. The molecular formula is C19H28BCl2N3O4. The lowest BCUT2D eigenvalue weighted by Gasteiger charge is -2.29. The van der Waals surface area contributed by atoms with E-state index < -0.39 is 13.0 Å². The molecule has 0 spiro atoms. The van der Waals surface area contributed by atoms with E-state index in [0.29, 0.717) is 30.6 Å². The van der Waals surface area contributed by atoms with Gasteiger partial charge in [0.2, 0.25) is 5.91 Å². The minimum absolute atomic E-state index is 0.189. The second-order valence-corrected chi connectivity index (χ2v) is 8.37. The third-order valence-electron chi connectivity index (χ3n) is 4.49. The topological polar surface area (TPSA) is 79.9 Å². The smallest absolute Gasteiger partial charge is 0.408 e. The minimum atomic E-state index is -0.520. The molecule has 1 heterocycles. The quantitative estimate of drug-likeness (QED) is 0.631. The van der Waals surface area contributed by atoms with Gasteiger partial charge in [-0.05, 0) is 37.6 Å². The fourth-order valence-corrected chi connectivity index (χ4v) is 3.35. The SMILES string of the molecule is CC(C)C[C@@H](NC(=O)CNC(=O)c1cc(Cl)ccc1Cl)B1OCCN(C)CCO1. The Kier molecular flexibility index (Phi) is 9.72. The number of benzene rings is 1. The lowest BCUT2D eigenvalue weighted by Crippen LogP contribution is -2.54. The van der Waals surface area contributed by atoms with Crippen molar-refractivity contribution in [1.82, 2.24) is 15.5 Å². The molecule has 0 aromatic heterocycles. The monoisotopic (exact) mass is 443 g/mol. The standard InChI is InChI=1S/C19H28BCl2N3O4/c1-13(2)10-17(20-28-8-6-25(3)7-9-29-20)24-18(26)12-23-19(27)15-11-14(21)4-5-16(15)22/h4-5,11,13,17H,6-10,12H2,1-3H3,(H,23,27)(H,24,26)/t17-/m1/s1. The molecule has 160 valence electrons. The Morgan fingerprint density at radius 1 is 1.21 bits per heavy atom. The van der Waals surface area contributed by atoms with Crippen LogP contribution in [0, 0.1) is 5.92 Å². The summed E-state index contributed by atoms with van der Waals surface area (Å²) in [6.45, 7) is 6.60. The first-order chi connectivity index (χ1) is 13.8. The van der Waals surface area contributed by atoms with Gasteiger partial charge in [0, 0.05) is 31.3 Å². The van der Waals surface area contributed by atoms with E-state index >= 15 is 0 Å². The molecule has 7 nitrogen and oxygen atoms in total. The largest absolute Gasteiger partial charge is 0.480 e. The number of hydrogen-bond donors (Lipinski definition) is 2. The van der Waals surface area contributed by atoms with Crippen LogP contribution in [0.2, 0.25) is 10.0 Å². The van der Waals surface area contributed by atoms with Crippen molar-refractivity contribution in [3.63, 3.8) is 0 Å². The Balaban J connectivity index is 1.93. The first kappa shape index (κ1) is 24.0. The van der Waals surface area contributed by atoms with Crippen LogP contribution in [-0.2, 0) is 14.1 Å². The van der Waals surface area contributed by atoms with Crippen molar-refractivity contribution in [3.8, 4) is 0 Å². The molecule has 1 aromatic carbocycles. The average Bonchev–Trinajstić information content (AvgIpc) is 2.63. The summed E-state index contributed by atoms with van der Waals surface area (Å²) in [5.41, 5.74) is 0.224. The van der Waals surface area contributed by atoms with E-state index in [1.54, 1.807) is 6.07 Å². The molecular weight excluding hydrogens is 416 g/mol. The van der Waals surface area contributed by atoms with E-state index in [2.05, 4.69) is 29.4 Å². The Hall–Kier alpha value is -1.32. The molecule has 0 unspecified atom stereocenters. The van der Waals surface area contributed by atoms with Crippen molar-refractivity contribution in [2.24, 2.45) is 5.92 Å². The van der Waals surface area contributed by atoms with Gasteiger partial charge in [0.25, 0.3) is 5.91 Å². The molecule has 1 aliphatic heterocycles. The normalized spacial score (nSPS) is 16.8. The molecule has 2 rings (SSSR count). The Labute approximate surface area is 182 Å². The van der Waals surface area contributed by atoms with Crippen LogP contribution in [-0.4, -0.2) is 69.7 Å². The zero-order chi connectivity index (χ0) is 21.4. The number of amides is 2. The molecule has 1 saturated heterocycles. The molecule has 2 N–H and O–H groups in total. The summed E-state index contributed by atoms with van der Waals surface area (Å²) in [6, 6.07) is 4.60. The maximum atomic E-state index is 12.5. The molecule has 1 atom stereocenters. The number of likely N-dealkylation sites (N-methyl/N-ethyl adjacent to an activating group) is 1. The van der Waals surface area contributed by atoms with Crippen LogP contribution in [0.1, 0.15) is 30.6 Å². The highest BCUT2D eigenvalue weighted by atomic mass is 35.5. The summed E-state index contributed by atoms with van der Waals surface area (Å²) < 4.78 is 11.7. The predicted molar refractivity (Wildman–Crippen MR) is 115 cm³/mol. The zero-order valence-corrected chi connectivity index (χ0v) is 18.6. The van der Waals surface area contributed by atoms with Gasteiger partial charge in [-0.25, -0.2) is 0 Å². The van der Waals surface area contributed by atoms with Gasteiger partial charge in [0.1, 0.15) is 0 Å². The molecule has 29 heavy (non-hydrogen) atoms. The van der Waals surface area contributed by atoms with Gasteiger partial charge in [-0.15, -0.1) is 0 Å².